The molecule has 0 saturated heterocycles. The van der Waals surface area contributed by atoms with Gasteiger partial charge >= 0.3 is 0 Å². The predicted molar refractivity (Wildman–Crippen MR) is 63.7 cm³/mol. The number of hydrogen-bond donors (Lipinski definition) is 1. The molecule has 1 rings (SSSR count). The van der Waals surface area contributed by atoms with E-state index in [2.05, 4.69) is 12.2 Å². The lowest BCUT2D eigenvalue weighted by atomic mass is 10.1. The molecule has 0 heterocycles. The van der Waals surface area contributed by atoms with Crippen LogP contribution in [-0.4, -0.2) is 32.0 Å². The first-order chi connectivity index (χ1) is 6.92. The van der Waals surface area contributed by atoms with E-state index in [1.807, 2.05) is 0 Å². The van der Waals surface area contributed by atoms with Crippen molar-refractivity contribution in [2.45, 2.75) is 51.3 Å². The smallest absolute Gasteiger partial charge is 0.153 e. The van der Waals surface area contributed by atoms with Crippen LogP contribution in [0.2, 0.25) is 0 Å². The first-order valence-corrected chi connectivity index (χ1v) is 7.58. The van der Waals surface area contributed by atoms with Crippen LogP contribution in [0.3, 0.4) is 0 Å². The summed E-state index contributed by atoms with van der Waals surface area (Å²) in [4.78, 5) is 0. The van der Waals surface area contributed by atoms with Crippen molar-refractivity contribution in [2.24, 2.45) is 5.92 Å². The average molecular weight is 233 g/mol. The van der Waals surface area contributed by atoms with E-state index in [0.717, 1.165) is 5.92 Å². The molecule has 3 nitrogen and oxygen atoms in total. The van der Waals surface area contributed by atoms with Crippen LogP contribution < -0.4 is 5.32 Å². The summed E-state index contributed by atoms with van der Waals surface area (Å²) in [5.74, 6) is 1.07. The Bertz CT molecular complexity index is 285. The molecule has 0 amide bonds. The van der Waals surface area contributed by atoms with Crippen molar-refractivity contribution in [3.05, 3.63) is 0 Å². The van der Waals surface area contributed by atoms with Gasteiger partial charge in [0, 0.05) is 12.6 Å². The summed E-state index contributed by atoms with van der Waals surface area (Å²) < 4.78 is 23.1. The van der Waals surface area contributed by atoms with Gasteiger partial charge in [0.1, 0.15) is 0 Å². The molecule has 1 aliphatic carbocycles. The Morgan fingerprint density at radius 1 is 1.33 bits per heavy atom. The van der Waals surface area contributed by atoms with Crippen molar-refractivity contribution < 1.29 is 8.42 Å². The molecule has 1 saturated carbocycles. The normalized spacial score (nSPS) is 27.5. The highest BCUT2D eigenvalue weighted by molar-refractivity contribution is 7.92. The van der Waals surface area contributed by atoms with Crippen LogP contribution in [0.5, 0.6) is 0 Å². The van der Waals surface area contributed by atoms with Gasteiger partial charge in [-0.15, -0.1) is 0 Å². The Hall–Kier alpha value is -0.0900. The summed E-state index contributed by atoms with van der Waals surface area (Å²) >= 11 is 0. The molecule has 0 aromatic carbocycles. The van der Waals surface area contributed by atoms with Crippen LogP contribution in [0.4, 0.5) is 0 Å². The molecule has 1 N–H and O–H groups in total. The van der Waals surface area contributed by atoms with Crippen molar-refractivity contribution in [1.82, 2.24) is 5.32 Å². The highest BCUT2D eigenvalue weighted by Crippen LogP contribution is 2.24. The molecule has 0 bridgehead atoms. The van der Waals surface area contributed by atoms with Crippen molar-refractivity contribution in [1.29, 1.82) is 0 Å². The standard InChI is InChI=1S/C11H23NO2S/c1-9(2)15(13,14)7-6-12-11-5-4-10(3)8-11/h9-12H,4-8H2,1-3H3. The third-order valence-corrected chi connectivity index (χ3v) is 5.44. The van der Waals surface area contributed by atoms with Crippen LogP contribution in [0.1, 0.15) is 40.0 Å². The van der Waals surface area contributed by atoms with Crippen molar-refractivity contribution >= 4 is 9.84 Å². The SMILES string of the molecule is CC1CCC(NCCS(=O)(=O)C(C)C)C1. The zero-order valence-corrected chi connectivity index (χ0v) is 10.8. The average Bonchev–Trinajstić information content (AvgIpc) is 2.51. The van der Waals surface area contributed by atoms with E-state index in [9.17, 15) is 8.42 Å². The molecular weight excluding hydrogens is 210 g/mol. The van der Waals surface area contributed by atoms with Gasteiger partial charge in [0.2, 0.25) is 0 Å². The highest BCUT2D eigenvalue weighted by atomic mass is 32.2. The topological polar surface area (TPSA) is 46.2 Å². The van der Waals surface area contributed by atoms with E-state index in [-0.39, 0.29) is 11.0 Å². The summed E-state index contributed by atoms with van der Waals surface area (Å²) in [5, 5.41) is 3.10. The van der Waals surface area contributed by atoms with Gasteiger partial charge in [0.25, 0.3) is 0 Å². The minimum absolute atomic E-state index is 0.248. The van der Waals surface area contributed by atoms with Gasteiger partial charge < -0.3 is 5.32 Å². The second-order valence-corrected chi connectivity index (χ2v) is 7.66. The summed E-state index contributed by atoms with van der Waals surface area (Å²) in [6, 6.07) is 0.544. The minimum Gasteiger partial charge on any atom is -0.313 e. The van der Waals surface area contributed by atoms with Gasteiger partial charge in [0.15, 0.2) is 9.84 Å². The van der Waals surface area contributed by atoms with Gasteiger partial charge in [-0.05, 0) is 39.0 Å². The maximum Gasteiger partial charge on any atom is 0.153 e. The van der Waals surface area contributed by atoms with Gasteiger partial charge in [-0.1, -0.05) is 6.92 Å². The zero-order chi connectivity index (χ0) is 11.5. The monoisotopic (exact) mass is 233 g/mol. The van der Waals surface area contributed by atoms with E-state index in [0.29, 0.717) is 12.6 Å². The van der Waals surface area contributed by atoms with Gasteiger partial charge in [-0.3, -0.25) is 0 Å². The fourth-order valence-electron chi connectivity index (χ4n) is 2.03. The Morgan fingerprint density at radius 3 is 2.47 bits per heavy atom. The van der Waals surface area contributed by atoms with E-state index < -0.39 is 9.84 Å². The molecule has 15 heavy (non-hydrogen) atoms. The zero-order valence-electron chi connectivity index (χ0n) is 9.99. The van der Waals surface area contributed by atoms with Crippen molar-refractivity contribution in [2.75, 3.05) is 12.3 Å². The van der Waals surface area contributed by atoms with Crippen LogP contribution in [0, 0.1) is 5.92 Å². The third-order valence-electron chi connectivity index (χ3n) is 3.23. The van der Waals surface area contributed by atoms with Gasteiger partial charge in [0.05, 0.1) is 11.0 Å². The van der Waals surface area contributed by atoms with E-state index in [4.69, 9.17) is 0 Å². The van der Waals surface area contributed by atoms with Crippen molar-refractivity contribution in [3.8, 4) is 0 Å². The molecule has 0 aromatic rings. The maximum absolute atomic E-state index is 11.5. The molecule has 0 aliphatic heterocycles. The van der Waals surface area contributed by atoms with Crippen LogP contribution in [-0.2, 0) is 9.84 Å². The summed E-state index contributed by atoms with van der Waals surface area (Å²) in [6.07, 6.45) is 3.67. The maximum atomic E-state index is 11.5. The molecule has 1 aliphatic rings. The van der Waals surface area contributed by atoms with Crippen LogP contribution in [0.15, 0.2) is 0 Å². The lowest BCUT2D eigenvalue weighted by molar-refractivity contribution is 0.513. The van der Waals surface area contributed by atoms with E-state index in [1.165, 1.54) is 19.3 Å². The van der Waals surface area contributed by atoms with Crippen molar-refractivity contribution in [3.63, 3.8) is 0 Å². The quantitative estimate of drug-likeness (QED) is 0.784. The lowest BCUT2D eigenvalue weighted by Crippen LogP contribution is -2.33. The molecule has 0 aromatic heterocycles. The first-order valence-electron chi connectivity index (χ1n) is 5.86. The molecule has 2 atom stereocenters. The molecule has 2 unspecified atom stereocenters. The minimum atomic E-state index is -2.87. The second kappa shape index (κ2) is 5.30. The van der Waals surface area contributed by atoms with Gasteiger partial charge in [-0.2, -0.15) is 0 Å². The molecule has 1 fully saturated rings. The fraction of sp³-hybridized carbons (Fsp3) is 1.00. The van der Waals surface area contributed by atoms with E-state index >= 15 is 0 Å². The lowest BCUT2D eigenvalue weighted by Gasteiger charge is -2.13. The largest absolute Gasteiger partial charge is 0.313 e. The van der Waals surface area contributed by atoms with E-state index in [1.54, 1.807) is 13.8 Å². The number of hydrogen-bond acceptors (Lipinski definition) is 3. The molecule has 0 radical (unpaired) electrons. The van der Waals surface area contributed by atoms with Crippen LogP contribution >= 0.6 is 0 Å². The Balaban J connectivity index is 2.22. The molecule has 0 spiro atoms. The Labute approximate surface area is 93.6 Å². The number of sulfone groups is 1. The van der Waals surface area contributed by atoms with Crippen LogP contribution in [0.25, 0.3) is 0 Å². The van der Waals surface area contributed by atoms with Gasteiger partial charge in [-0.25, -0.2) is 8.42 Å². The summed E-state index contributed by atoms with van der Waals surface area (Å²) in [5.41, 5.74) is 0. The molecule has 4 heteroatoms. The third kappa shape index (κ3) is 4.11. The summed E-state index contributed by atoms with van der Waals surface area (Å²) in [7, 11) is -2.87. The predicted octanol–water partition coefficient (Wildman–Crippen LogP) is 1.59. The number of rotatable bonds is 5. The Morgan fingerprint density at radius 2 is 2.00 bits per heavy atom. The fourth-order valence-corrected chi connectivity index (χ4v) is 2.91. The first kappa shape index (κ1) is 13.0. The second-order valence-electron chi connectivity index (χ2n) is 4.99. The molecular formula is C11H23NO2S. The number of nitrogens with one attached hydrogen (secondary N) is 1. The molecule has 90 valence electrons. The Kier molecular flexibility index (Phi) is 4.59. The highest BCUT2D eigenvalue weighted by Gasteiger charge is 2.21. The summed E-state index contributed by atoms with van der Waals surface area (Å²) in [6.45, 7) is 6.35.